The van der Waals surface area contributed by atoms with E-state index in [9.17, 15) is 0 Å². The van der Waals surface area contributed by atoms with Crippen LogP contribution in [-0.4, -0.2) is 16.2 Å². The van der Waals surface area contributed by atoms with Crippen LogP contribution in [-0.2, 0) is 12.2 Å². The van der Waals surface area contributed by atoms with Gasteiger partial charge >= 0.3 is 0 Å². The Hall–Kier alpha value is -1.33. The third-order valence-corrected chi connectivity index (χ3v) is 3.95. The van der Waals surface area contributed by atoms with E-state index < -0.39 is 0 Å². The van der Waals surface area contributed by atoms with Gasteiger partial charge in [-0.25, -0.2) is 0 Å². The Morgan fingerprint density at radius 1 is 1.40 bits per heavy atom. The molecule has 1 heterocycles. The summed E-state index contributed by atoms with van der Waals surface area (Å²) in [6.45, 7) is 4.21. The van der Waals surface area contributed by atoms with E-state index in [-0.39, 0.29) is 6.04 Å². The molecule has 1 aromatic carbocycles. The van der Waals surface area contributed by atoms with Crippen LogP contribution < -0.4 is 5.73 Å². The van der Waals surface area contributed by atoms with Crippen molar-refractivity contribution in [3.8, 4) is 0 Å². The molecule has 108 valence electrons. The zero-order valence-corrected chi connectivity index (χ0v) is 12.8. The van der Waals surface area contributed by atoms with Crippen molar-refractivity contribution in [3.63, 3.8) is 0 Å². The molecule has 20 heavy (non-hydrogen) atoms. The molecule has 0 fully saturated rings. The van der Waals surface area contributed by atoms with Crippen molar-refractivity contribution in [1.29, 1.82) is 0 Å². The lowest BCUT2D eigenvalue weighted by Gasteiger charge is -2.05. The van der Waals surface area contributed by atoms with E-state index in [4.69, 9.17) is 10.3 Å². The second kappa shape index (κ2) is 7.45. The van der Waals surface area contributed by atoms with Gasteiger partial charge in [0.2, 0.25) is 5.89 Å². The largest absolute Gasteiger partial charge is 0.339 e. The molecule has 1 unspecified atom stereocenters. The zero-order valence-electron chi connectivity index (χ0n) is 12.0. The van der Waals surface area contributed by atoms with Gasteiger partial charge in [-0.3, -0.25) is 0 Å². The van der Waals surface area contributed by atoms with E-state index in [1.165, 1.54) is 10.5 Å². The fourth-order valence-corrected chi connectivity index (χ4v) is 2.84. The number of nitrogens with two attached hydrogens (primary N) is 1. The molecule has 0 saturated heterocycles. The summed E-state index contributed by atoms with van der Waals surface area (Å²) < 4.78 is 5.24. The molecule has 0 aliphatic rings. The summed E-state index contributed by atoms with van der Waals surface area (Å²) in [6, 6.07) is 8.51. The molecule has 0 bridgehead atoms. The summed E-state index contributed by atoms with van der Waals surface area (Å²) in [5.41, 5.74) is 7.23. The highest BCUT2D eigenvalue weighted by Gasteiger charge is 2.11. The van der Waals surface area contributed by atoms with Crippen LogP contribution in [0.15, 0.2) is 33.7 Å². The summed E-state index contributed by atoms with van der Waals surface area (Å²) in [5.74, 6) is 2.09. The van der Waals surface area contributed by atoms with Crippen LogP contribution in [0.25, 0.3) is 0 Å². The summed E-state index contributed by atoms with van der Waals surface area (Å²) in [4.78, 5) is 5.61. The number of hydrogen-bond donors (Lipinski definition) is 1. The number of rotatable bonds is 7. The Bertz CT molecular complexity index is 541. The number of thioether (sulfide) groups is 1. The molecular formula is C15H21N3OS. The van der Waals surface area contributed by atoms with Crippen LogP contribution in [0.3, 0.4) is 0 Å². The van der Waals surface area contributed by atoms with E-state index in [1.807, 2.05) is 0 Å². The SMILES string of the molecule is CCCC(N)Cc1nc(CSc2cccc(C)c2)no1. The monoisotopic (exact) mass is 291 g/mol. The number of hydrogen-bond acceptors (Lipinski definition) is 5. The fourth-order valence-electron chi connectivity index (χ4n) is 1.98. The molecule has 2 rings (SSSR count). The first-order valence-electron chi connectivity index (χ1n) is 6.94. The van der Waals surface area contributed by atoms with E-state index in [2.05, 4.69) is 48.3 Å². The van der Waals surface area contributed by atoms with Gasteiger partial charge in [-0.2, -0.15) is 4.98 Å². The van der Waals surface area contributed by atoms with Gasteiger partial charge in [0.25, 0.3) is 0 Å². The number of nitrogens with zero attached hydrogens (tertiary/aromatic N) is 2. The lowest BCUT2D eigenvalue weighted by atomic mass is 10.1. The van der Waals surface area contributed by atoms with E-state index in [0.717, 1.165) is 24.4 Å². The zero-order chi connectivity index (χ0) is 14.4. The highest BCUT2D eigenvalue weighted by molar-refractivity contribution is 7.98. The smallest absolute Gasteiger partial charge is 0.228 e. The van der Waals surface area contributed by atoms with Gasteiger partial charge in [0.1, 0.15) is 0 Å². The fraction of sp³-hybridized carbons (Fsp3) is 0.467. The normalized spacial score (nSPS) is 12.6. The molecule has 0 aliphatic carbocycles. The molecule has 0 amide bonds. The Labute approximate surface area is 124 Å². The van der Waals surface area contributed by atoms with Gasteiger partial charge in [-0.15, -0.1) is 11.8 Å². The molecule has 2 N–H and O–H groups in total. The summed E-state index contributed by atoms with van der Waals surface area (Å²) in [6.07, 6.45) is 2.72. The van der Waals surface area contributed by atoms with Crippen LogP contribution in [0.5, 0.6) is 0 Å². The third kappa shape index (κ3) is 4.65. The quantitative estimate of drug-likeness (QED) is 0.793. The van der Waals surface area contributed by atoms with Gasteiger partial charge in [-0.1, -0.05) is 36.2 Å². The van der Waals surface area contributed by atoms with Crippen molar-refractivity contribution < 1.29 is 4.52 Å². The lowest BCUT2D eigenvalue weighted by Crippen LogP contribution is -2.22. The lowest BCUT2D eigenvalue weighted by molar-refractivity contribution is 0.362. The van der Waals surface area contributed by atoms with Gasteiger partial charge in [0, 0.05) is 17.4 Å². The predicted octanol–water partition coefficient (Wildman–Crippen LogP) is 3.34. The molecule has 1 atom stereocenters. The molecule has 4 nitrogen and oxygen atoms in total. The number of aryl methyl sites for hydroxylation is 1. The summed E-state index contributed by atoms with van der Waals surface area (Å²) in [5, 5.41) is 4.00. The minimum Gasteiger partial charge on any atom is -0.339 e. The second-order valence-electron chi connectivity index (χ2n) is 4.96. The molecule has 0 spiro atoms. The average Bonchev–Trinajstić information content (AvgIpc) is 2.84. The van der Waals surface area contributed by atoms with Crippen molar-refractivity contribution in [2.75, 3.05) is 0 Å². The van der Waals surface area contributed by atoms with Gasteiger partial charge < -0.3 is 10.3 Å². The minimum absolute atomic E-state index is 0.109. The van der Waals surface area contributed by atoms with Crippen molar-refractivity contribution in [2.24, 2.45) is 5.73 Å². The molecule has 0 radical (unpaired) electrons. The number of aromatic nitrogens is 2. The van der Waals surface area contributed by atoms with Crippen LogP contribution in [0.1, 0.15) is 37.0 Å². The molecule has 5 heteroatoms. The Kier molecular flexibility index (Phi) is 5.61. The first kappa shape index (κ1) is 15.1. The third-order valence-electron chi connectivity index (χ3n) is 2.96. The van der Waals surface area contributed by atoms with Gasteiger partial charge in [0.05, 0.1) is 5.75 Å². The van der Waals surface area contributed by atoms with Crippen LogP contribution in [0.2, 0.25) is 0 Å². The average molecular weight is 291 g/mol. The van der Waals surface area contributed by atoms with E-state index >= 15 is 0 Å². The van der Waals surface area contributed by atoms with E-state index in [1.54, 1.807) is 11.8 Å². The first-order chi connectivity index (χ1) is 9.67. The highest BCUT2D eigenvalue weighted by atomic mass is 32.2. The van der Waals surface area contributed by atoms with Crippen molar-refractivity contribution in [3.05, 3.63) is 41.5 Å². The molecule has 0 aliphatic heterocycles. The Morgan fingerprint density at radius 3 is 3.00 bits per heavy atom. The van der Waals surface area contributed by atoms with E-state index in [0.29, 0.717) is 12.3 Å². The maximum Gasteiger partial charge on any atom is 0.228 e. The summed E-state index contributed by atoms with van der Waals surface area (Å²) in [7, 11) is 0. The second-order valence-corrected chi connectivity index (χ2v) is 6.01. The Morgan fingerprint density at radius 2 is 2.25 bits per heavy atom. The predicted molar refractivity (Wildman–Crippen MR) is 81.6 cm³/mol. The maximum absolute atomic E-state index is 5.97. The topological polar surface area (TPSA) is 64.9 Å². The van der Waals surface area contributed by atoms with Gasteiger partial charge in [-0.05, 0) is 25.5 Å². The standard InChI is InChI=1S/C15H21N3OS/c1-3-5-12(16)9-15-17-14(18-19-15)10-20-13-7-4-6-11(2)8-13/h4,6-8,12H,3,5,9-10,16H2,1-2H3. The van der Waals surface area contributed by atoms with Crippen molar-refractivity contribution in [1.82, 2.24) is 10.1 Å². The van der Waals surface area contributed by atoms with Crippen molar-refractivity contribution in [2.45, 2.75) is 49.8 Å². The van der Waals surface area contributed by atoms with Crippen LogP contribution >= 0.6 is 11.8 Å². The van der Waals surface area contributed by atoms with Crippen LogP contribution in [0.4, 0.5) is 0 Å². The number of benzene rings is 1. The molecule has 0 saturated carbocycles. The van der Waals surface area contributed by atoms with Gasteiger partial charge in [0.15, 0.2) is 5.82 Å². The molecular weight excluding hydrogens is 270 g/mol. The minimum atomic E-state index is 0.109. The summed E-state index contributed by atoms with van der Waals surface area (Å²) >= 11 is 1.71. The molecule has 2 aromatic rings. The highest BCUT2D eigenvalue weighted by Crippen LogP contribution is 2.22. The molecule has 1 aromatic heterocycles. The Balaban J connectivity index is 1.86. The first-order valence-corrected chi connectivity index (χ1v) is 7.92. The maximum atomic E-state index is 5.97. The van der Waals surface area contributed by atoms with Crippen molar-refractivity contribution >= 4 is 11.8 Å². The van der Waals surface area contributed by atoms with Crippen LogP contribution in [0, 0.1) is 6.92 Å².